The lowest BCUT2D eigenvalue weighted by molar-refractivity contribution is -0.142. The van der Waals surface area contributed by atoms with Crippen LogP contribution in [-0.2, 0) is 33.5 Å². The Bertz CT molecular complexity index is 1300. The second kappa shape index (κ2) is 12.2. The van der Waals surface area contributed by atoms with Crippen LogP contribution in [0.3, 0.4) is 0 Å². The maximum Gasteiger partial charge on any atom is 0.417 e. The zero-order valence-electron chi connectivity index (χ0n) is 24.0. The van der Waals surface area contributed by atoms with Crippen molar-refractivity contribution in [3.8, 4) is 6.01 Å². The summed E-state index contributed by atoms with van der Waals surface area (Å²) >= 11 is 0. The molecule has 9 nitrogen and oxygen atoms in total. The average molecular weight is 596 g/mol. The number of ether oxygens (including phenoxy) is 3. The Hall–Kier alpha value is -3.19. The fourth-order valence-corrected chi connectivity index (χ4v) is 6.39. The fourth-order valence-electron chi connectivity index (χ4n) is 6.39. The first kappa shape index (κ1) is 30.3. The summed E-state index contributed by atoms with van der Waals surface area (Å²) in [6, 6.07) is 3.28. The van der Waals surface area contributed by atoms with Crippen LogP contribution >= 0.6 is 0 Å². The molecule has 4 atom stereocenters. The molecule has 4 unspecified atom stereocenters. The van der Waals surface area contributed by atoms with E-state index in [0.29, 0.717) is 42.8 Å². The van der Waals surface area contributed by atoms with E-state index in [1.54, 1.807) is 4.90 Å². The molecule has 0 aliphatic carbocycles. The number of cyclic esters (lactones) is 1. The van der Waals surface area contributed by atoms with Gasteiger partial charge in [0.05, 0.1) is 37.7 Å². The molecule has 3 fully saturated rings. The van der Waals surface area contributed by atoms with Crippen LogP contribution in [0.15, 0.2) is 12.1 Å². The molecule has 0 spiro atoms. The van der Waals surface area contributed by atoms with Gasteiger partial charge in [0, 0.05) is 42.7 Å². The zero-order chi connectivity index (χ0) is 30.2. The average Bonchev–Trinajstić information content (AvgIpc) is 3.45. The lowest BCUT2D eigenvalue weighted by Crippen LogP contribution is -2.34. The van der Waals surface area contributed by atoms with Crippen LogP contribution < -0.4 is 15.4 Å². The molecule has 0 radical (unpaired) electrons. The molecule has 230 valence electrons. The van der Waals surface area contributed by atoms with Crippen molar-refractivity contribution in [1.82, 2.24) is 14.9 Å². The number of nitrogens with two attached hydrogens (primary N) is 1. The van der Waals surface area contributed by atoms with Crippen LogP contribution in [-0.4, -0.2) is 72.9 Å². The van der Waals surface area contributed by atoms with E-state index in [2.05, 4.69) is 14.9 Å². The number of nitrogen functional groups attached to an aromatic ring is 1. The number of methoxy groups -OCH3 is 1. The molecule has 4 aliphatic heterocycles. The molecule has 0 amide bonds. The van der Waals surface area contributed by atoms with Gasteiger partial charge in [0.2, 0.25) is 0 Å². The van der Waals surface area contributed by atoms with Gasteiger partial charge in [-0.25, -0.2) is 4.39 Å². The summed E-state index contributed by atoms with van der Waals surface area (Å²) in [5, 5.41) is 0. The molecule has 3 saturated heterocycles. The minimum atomic E-state index is -4.56. The number of carbonyl (C=O) groups is 1. The SMILES string of the molecule is COc1nc2c(c(N3CC(=O)OCC(C)C3)n1)COC(c1cc(N)cc(C)c1C(F)(F)F)C2.FC1CC2CCCN2C1. The number of aryl methyl sites for hydroxylation is 1. The molecule has 5 heterocycles. The Morgan fingerprint density at radius 1 is 1.19 bits per heavy atom. The summed E-state index contributed by atoms with van der Waals surface area (Å²) in [5.74, 6) is 0.140. The van der Waals surface area contributed by atoms with Gasteiger partial charge < -0.3 is 24.8 Å². The largest absolute Gasteiger partial charge is 0.467 e. The third-order valence-electron chi connectivity index (χ3n) is 8.20. The van der Waals surface area contributed by atoms with Crippen molar-refractivity contribution in [2.24, 2.45) is 5.92 Å². The third-order valence-corrected chi connectivity index (χ3v) is 8.20. The van der Waals surface area contributed by atoms with Gasteiger partial charge in [-0.3, -0.25) is 9.69 Å². The van der Waals surface area contributed by atoms with Gasteiger partial charge in [-0.15, -0.1) is 0 Å². The van der Waals surface area contributed by atoms with E-state index in [1.807, 2.05) is 6.92 Å². The molecule has 1 aromatic heterocycles. The van der Waals surface area contributed by atoms with Crippen molar-refractivity contribution in [3.63, 3.8) is 0 Å². The normalized spacial score (nSPS) is 26.1. The highest BCUT2D eigenvalue weighted by Gasteiger charge is 2.40. The van der Waals surface area contributed by atoms with Crippen molar-refractivity contribution in [2.45, 2.75) is 70.6 Å². The summed E-state index contributed by atoms with van der Waals surface area (Å²) in [5.41, 5.74) is 6.45. The summed E-state index contributed by atoms with van der Waals surface area (Å²) in [6.07, 6.45) is -2.58. The van der Waals surface area contributed by atoms with Gasteiger partial charge in [-0.05, 0) is 56.0 Å². The quantitative estimate of drug-likeness (QED) is 0.314. The molecule has 2 aromatic rings. The van der Waals surface area contributed by atoms with Crippen LogP contribution in [0.25, 0.3) is 0 Å². The van der Waals surface area contributed by atoms with E-state index in [4.69, 9.17) is 19.9 Å². The lowest BCUT2D eigenvalue weighted by atomic mass is 9.92. The van der Waals surface area contributed by atoms with Crippen LogP contribution in [0, 0.1) is 12.8 Å². The number of hydrogen-bond donors (Lipinski definition) is 1. The summed E-state index contributed by atoms with van der Waals surface area (Å²) in [4.78, 5) is 25.0. The van der Waals surface area contributed by atoms with Gasteiger partial charge in [-0.1, -0.05) is 6.92 Å². The minimum absolute atomic E-state index is 0.00693. The smallest absolute Gasteiger partial charge is 0.417 e. The molecule has 0 saturated carbocycles. The Morgan fingerprint density at radius 2 is 1.98 bits per heavy atom. The molecular weight excluding hydrogens is 558 g/mol. The van der Waals surface area contributed by atoms with Gasteiger partial charge in [0.25, 0.3) is 0 Å². The highest BCUT2D eigenvalue weighted by molar-refractivity contribution is 5.76. The standard InChI is InChI=1S/C22H25F3N4O4.C7H12FN/c1-11-7-29(8-18(30)33-9-11)20-15-10-32-17(6-16(15)27-21(28-20)31-3)14-5-13(26)4-12(2)19(14)22(23,24)25;8-6-4-7-2-1-3-9(7)5-6/h4-5,11,17H,6-10,26H2,1-3H3;6-7H,1-5H2. The number of alkyl halides is 4. The summed E-state index contributed by atoms with van der Waals surface area (Å²) < 4.78 is 70.5. The first-order valence-electron chi connectivity index (χ1n) is 14.2. The number of aromatic nitrogens is 2. The van der Waals surface area contributed by atoms with Gasteiger partial charge >= 0.3 is 18.2 Å². The molecule has 6 rings (SSSR count). The van der Waals surface area contributed by atoms with Crippen molar-refractivity contribution in [2.75, 3.05) is 50.5 Å². The van der Waals surface area contributed by atoms with Crippen molar-refractivity contribution in [1.29, 1.82) is 0 Å². The van der Waals surface area contributed by atoms with Crippen LogP contribution in [0.5, 0.6) is 6.01 Å². The molecule has 0 bridgehead atoms. The number of esters is 1. The van der Waals surface area contributed by atoms with E-state index in [0.717, 1.165) is 13.0 Å². The topological polar surface area (TPSA) is 103 Å². The fraction of sp³-hybridized carbons (Fsp3) is 0.621. The van der Waals surface area contributed by atoms with Crippen LogP contribution in [0.2, 0.25) is 0 Å². The molecular formula is C29H37F4N5O4. The molecule has 42 heavy (non-hydrogen) atoms. The number of anilines is 2. The summed E-state index contributed by atoms with van der Waals surface area (Å²) in [7, 11) is 1.41. The predicted octanol–water partition coefficient (Wildman–Crippen LogP) is 4.40. The van der Waals surface area contributed by atoms with Crippen molar-refractivity contribution in [3.05, 3.63) is 40.1 Å². The van der Waals surface area contributed by atoms with E-state index in [9.17, 15) is 22.4 Å². The number of benzene rings is 1. The number of nitrogens with zero attached hydrogens (tertiary/aromatic N) is 4. The maximum absolute atomic E-state index is 13.8. The lowest BCUT2D eigenvalue weighted by Gasteiger charge is -2.31. The van der Waals surface area contributed by atoms with Crippen molar-refractivity contribution < 1.29 is 36.6 Å². The number of rotatable bonds is 3. The van der Waals surface area contributed by atoms with Crippen molar-refractivity contribution >= 4 is 17.5 Å². The van der Waals surface area contributed by atoms with Gasteiger partial charge in [-0.2, -0.15) is 23.1 Å². The molecule has 4 aliphatic rings. The predicted molar refractivity (Wildman–Crippen MR) is 147 cm³/mol. The number of hydrogen-bond acceptors (Lipinski definition) is 9. The van der Waals surface area contributed by atoms with Gasteiger partial charge in [0.1, 0.15) is 18.5 Å². The maximum atomic E-state index is 13.8. The number of fused-ring (bicyclic) bond motifs is 2. The third kappa shape index (κ3) is 6.56. The van der Waals surface area contributed by atoms with E-state index >= 15 is 0 Å². The second-order valence-corrected chi connectivity index (χ2v) is 11.6. The highest BCUT2D eigenvalue weighted by Crippen LogP contribution is 2.43. The van der Waals surface area contributed by atoms with E-state index < -0.39 is 24.0 Å². The molecule has 1 aromatic carbocycles. The second-order valence-electron chi connectivity index (χ2n) is 11.6. The monoisotopic (exact) mass is 595 g/mol. The minimum Gasteiger partial charge on any atom is -0.467 e. The Labute approximate surface area is 242 Å². The molecule has 2 N–H and O–H groups in total. The van der Waals surface area contributed by atoms with E-state index in [-0.39, 0.29) is 54.3 Å². The molecule has 13 heteroatoms. The first-order valence-corrected chi connectivity index (χ1v) is 14.2. The van der Waals surface area contributed by atoms with Gasteiger partial charge in [0.15, 0.2) is 0 Å². The van der Waals surface area contributed by atoms with Crippen LogP contribution in [0.4, 0.5) is 29.1 Å². The Balaban J connectivity index is 0.000000330. The zero-order valence-corrected chi connectivity index (χ0v) is 24.0. The Kier molecular flexibility index (Phi) is 8.79. The first-order chi connectivity index (χ1) is 19.9. The number of carbonyl (C=O) groups excluding carboxylic acids is 1. The number of halogens is 4. The van der Waals surface area contributed by atoms with Crippen LogP contribution in [0.1, 0.15) is 60.2 Å². The highest BCUT2D eigenvalue weighted by atomic mass is 19.4. The summed E-state index contributed by atoms with van der Waals surface area (Å²) in [6.45, 7) is 5.96. The Morgan fingerprint density at radius 3 is 2.69 bits per heavy atom. The van der Waals surface area contributed by atoms with E-state index in [1.165, 1.54) is 39.0 Å².